The van der Waals surface area contributed by atoms with Crippen LogP contribution in [-0.4, -0.2) is 46.2 Å². The third kappa shape index (κ3) is 2.88. The molecule has 2 atom stereocenters. The average Bonchev–Trinajstić information content (AvgIpc) is 3.25. The summed E-state index contributed by atoms with van der Waals surface area (Å²) in [5.41, 5.74) is 6.05. The standard InChI is InChI=1S/C25H27N3O2/c1-15(2)16-8-10-17(11-9-16)24-23-19(18-6-4-5-7-20(18)26-23)12-13-28(24)21-14-22(29)27(3)25(21)30/h4-11,15,21,24,26H,12-14H2,1-3H3. The Kier molecular flexibility index (Phi) is 4.51. The van der Waals surface area contributed by atoms with E-state index < -0.39 is 6.04 Å². The number of para-hydroxylation sites is 1. The van der Waals surface area contributed by atoms with Crippen LogP contribution in [0.1, 0.15) is 54.6 Å². The van der Waals surface area contributed by atoms with Crippen LogP contribution < -0.4 is 0 Å². The molecule has 2 aliphatic rings. The number of aromatic amines is 1. The van der Waals surface area contributed by atoms with Gasteiger partial charge in [-0.05, 0) is 35.1 Å². The first kappa shape index (κ1) is 19.1. The van der Waals surface area contributed by atoms with Gasteiger partial charge in [-0.15, -0.1) is 0 Å². The van der Waals surface area contributed by atoms with Crippen LogP contribution >= 0.6 is 0 Å². The monoisotopic (exact) mass is 401 g/mol. The summed E-state index contributed by atoms with van der Waals surface area (Å²) in [5.74, 6) is 0.275. The van der Waals surface area contributed by atoms with E-state index >= 15 is 0 Å². The normalized spacial score (nSPS) is 22.3. The van der Waals surface area contributed by atoms with Gasteiger partial charge in [-0.1, -0.05) is 56.3 Å². The molecule has 2 aromatic carbocycles. The van der Waals surface area contributed by atoms with Crippen LogP contribution in [0.4, 0.5) is 0 Å². The van der Waals surface area contributed by atoms with Gasteiger partial charge in [0.25, 0.3) is 0 Å². The number of imide groups is 1. The number of nitrogens with one attached hydrogen (secondary N) is 1. The fourth-order valence-electron chi connectivity index (χ4n) is 5.01. The maximum absolute atomic E-state index is 12.9. The van der Waals surface area contributed by atoms with Gasteiger partial charge in [0.15, 0.2) is 0 Å². The molecule has 2 amide bonds. The van der Waals surface area contributed by atoms with Crippen molar-refractivity contribution in [3.8, 4) is 0 Å². The molecular formula is C25H27N3O2. The van der Waals surface area contributed by atoms with Gasteiger partial charge in [-0.2, -0.15) is 0 Å². The minimum atomic E-state index is -0.406. The fourth-order valence-corrected chi connectivity index (χ4v) is 5.01. The highest BCUT2D eigenvalue weighted by Crippen LogP contribution is 2.41. The molecule has 0 saturated carbocycles. The number of aromatic nitrogens is 1. The Bertz CT molecular complexity index is 1130. The number of likely N-dealkylation sites (N-methyl/N-ethyl adjacent to an activating group) is 1. The quantitative estimate of drug-likeness (QED) is 0.675. The van der Waals surface area contributed by atoms with Crippen LogP contribution in [0.25, 0.3) is 10.9 Å². The van der Waals surface area contributed by atoms with E-state index in [9.17, 15) is 9.59 Å². The molecule has 1 aromatic heterocycles. The van der Waals surface area contributed by atoms with E-state index in [-0.39, 0.29) is 24.3 Å². The summed E-state index contributed by atoms with van der Waals surface area (Å²) in [6.45, 7) is 5.13. The zero-order valence-electron chi connectivity index (χ0n) is 17.7. The molecule has 0 spiro atoms. The number of carbonyl (C=O) groups is 2. The third-order valence-electron chi connectivity index (χ3n) is 6.75. The number of H-pyrrole nitrogens is 1. The van der Waals surface area contributed by atoms with E-state index in [1.165, 1.54) is 21.4 Å². The Hall–Kier alpha value is -2.92. The molecule has 1 saturated heterocycles. The van der Waals surface area contributed by atoms with E-state index in [0.29, 0.717) is 5.92 Å². The summed E-state index contributed by atoms with van der Waals surface area (Å²) < 4.78 is 0. The van der Waals surface area contributed by atoms with Crippen molar-refractivity contribution < 1.29 is 9.59 Å². The van der Waals surface area contributed by atoms with Crippen molar-refractivity contribution >= 4 is 22.7 Å². The smallest absolute Gasteiger partial charge is 0.246 e. The summed E-state index contributed by atoms with van der Waals surface area (Å²) >= 11 is 0. The second kappa shape index (κ2) is 7.10. The maximum Gasteiger partial charge on any atom is 0.246 e. The molecule has 0 aliphatic carbocycles. The molecule has 0 radical (unpaired) electrons. The van der Waals surface area contributed by atoms with Crippen LogP contribution in [0, 0.1) is 0 Å². The first-order valence-electron chi connectivity index (χ1n) is 10.7. The lowest BCUT2D eigenvalue weighted by atomic mass is 9.89. The minimum absolute atomic E-state index is 0.0735. The van der Waals surface area contributed by atoms with E-state index in [2.05, 4.69) is 66.2 Å². The molecule has 2 unspecified atom stereocenters. The topological polar surface area (TPSA) is 56.4 Å². The zero-order chi connectivity index (χ0) is 21.0. The number of benzene rings is 2. The largest absolute Gasteiger partial charge is 0.357 e. The highest BCUT2D eigenvalue weighted by atomic mass is 16.2. The van der Waals surface area contributed by atoms with Gasteiger partial charge in [0.05, 0.1) is 18.5 Å². The number of likely N-dealkylation sites (tertiary alicyclic amines) is 1. The Morgan fingerprint density at radius 3 is 2.43 bits per heavy atom. The van der Waals surface area contributed by atoms with E-state index in [0.717, 1.165) is 29.7 Å². The minimum Gasteiger partial charge on any atom is -0.357 e. The van der Waals surface area contributed by atoms with E-state index in [1.807, 2.05) is 6.07 Å². The predicted molar refractivity (Wildman–Crippen MR) is 117 cm³/mol. The Morgan fingerprint density at radius 1 is 1.03 bits per heavy atom. The average molecular weight is 402 g/mol. The Labute approximate surface area is 176 Å². The van der Waals surface area contributed by atoms with Gasteiger partial charge >= 0.3 is 0 Å². The second-order valence-electron chi connectivity index (χ2n) is 8.79. The van der Waals surface area contributed by atoms with Gasteiger partial charge in [0, 0.05) is 30.2 Å². The maximum atomic E-state index is 12.9. The number of fused-ring (bicyclic) bond motifs is 3. The lowest BCUT2D eigenvalue weighted by molar-refractivity contribution is -0.138. The first-order valence-corrected chi connectivity index (χ1v) is 10.7. The van der Waals surface area contributed by atoms with E-state index in [4.69, 9.17) is 0 Å². The molecule has 3 heterocycles. The molecule has 30 heavy (non-hydrogen) atoms. The number of nitrogens with zero attached hydrogens (tertiary/aromatic N) is 2. The van der Waals surface area contributed by atoms with Gasteiger partial charge in [0.1, 0.15) is 0 Å². The van der Waals surface area contributed by atoms with Crippen LogP contribution in [-0.2, 0) is 16.0 Å². The zero-order valence-corrected chi connectivity index (χ0v) is 17.7. The lowest BCUT2D eigenvalue weighted by Crippen LogP contribution is -2.46. The van der Waals surface area contributed by atoms with Crippen LogP contribution in [0.5, 0.6) is 0 Å². The molecule has 5 rings (SSSR count). The molecule has 3 aromatic rings. The molecule has 154 valence electrons. The summed E-state index contributed by atoms with van der Waals surface area (Å²) in [4.78, 5) is 32.3. The highest BCUT2D eigenvalue weighted by Gasteiger charge is 2.45. The molecule has 1 fully saturated rings. The molecule has 5 nitrogen and oxygen atoms in total. The van der Waals surface area contributed by atoms with Crippen molar-refractivity contribution in [3.63, 3.8) is 0 Å². The summed E-state index contributed by atoms with van der Waals surface area (Å²) in [7, 11) is 1.59. The Morgan fingerprint density at radius 2 is 1.77 bits per heavy atom. The first-order chi connectivity index (χ1) is 14.5. The van der Waals surface area contributed by atoms with Crippen LogP contribution in [0.3, 0.4) is 0 Å². The molecule has 0 bridgehead atoms. The molecule has 2 aliphatic heterocycles. The lowest BCUT2D eigenvalue weighted by Gasteiger charge is -2.39. The fraction of sp³-hybridized carbons (Fsp3) is 0.360. The number of hydrogen-bond donors (Lipinski definition) is 1. The van der Waals surface area contributed by atoms with Gasteiger partial charge in [0.2, 0.25) is 11.8 Å². The summed E-state index contributed by atoms with van der Waals surface area (Å²) in [6.07, 6.45) is 1.12. The molecule has 5 heteroatoms. The number of carbonyl (C=O) groups excluding carboxylic acids is 2. The van der Waals surface area contributed by atoms with Gasteiger partial charge < -0.3 is 4.98 Å². The predicted octanol–water partition coefficient (Wildman–Crippen LogP) is 4.00. The van der Waals surface area contributed by atoms with Crippen molar-refractivity contribution in [2.24, 2.45) is 0 Å². The summed E-state index contributed by atoms with van der Waals surface area (Å²) in [5, 5.41) is 1.25. The Balaban J connectivity index is 1.64. The SMILES string of the molecule is CC(C)c1ccc(C2c3[nH]c4ccccc4c3CCN2C2CC(=O)N(C)C2=O)cc1. The van der Waals surface area contributed by atoms with Crippen molar-refractivity contribution in [2.45, 2.75) is 44.7 Å². The molecule has 1 N–H and O–H groups in total. The number of hydrogen-bond acceptors (Lipinski definition) is 3. The van der Waals surface area contributed by atoms with E-state index in [1.54, 1.807) is 7.05 Å². The van der Waals surface area contributed by atoms with Crippen molar-refractivity contribution in [1.29, 1.82) is 0 Å². The second-order valence-corrected chi connectivity index (χ2v) is 8.79. The number of amides is 2. The van der Waals surface area contributed by atoms with Gasteiger partial charge in [-0.25, -0.2) is 0 Å². The number of rotatable bonds is 3. The summed E-state index contributed by atoms with van der Waals surface area (Å²) in [6, 6.07) is 16.6. The van der Waals surface area contributed by atoms with Crippen molar-refractivity contribution in [2.75, 3.05) is 13.6 Å². The van der Waals surface area contributed by atoms with Crippen LogP contribution in [0.2, 0.25) is 0 Å². The van der Waals surface area contributed by atoms with Crippen LogP contribution in [0.15, 0.2) is 48.5 Å². The van der Waals surface area contributed by atoms with Gasteiger partial charge in [-0.3, -0.25) is 19.4 Å². The third-order valence-corrected chi connectivity index (χ3v) is 6.75. The van der Waals surface area contributed by atoms with Crippen molar-refractivity contribution in [1.82, 2.24) is 14.8 Å². The highest BCUT2D eigenvalue weighted by molar-refractivity contribution is 6.05. The molecular weight excluding hydrogens is 374 g/mol. The van der Waals surface area contributed by atoms with Crippen molar-refractivity contribution in [3.05, 3.63) is 70.9 Å².